The number of benzene rings is 1. The van der Waals surface area contributed by atoms with E-state index in [-0.39, 0.29) is 12.1 Å². The molecule has 0 spiro atoms. The van der Waals surface area contributed by atoms with Crippen molar-refractivity contribution in [2.24, 2.45) is 5.73 Å². The molecule has 0 aliphatic carbocycles. The Morgan fingerprint density at radius 3 is 2.46 bits per heavy atom. The van der Waals surface area contributed by atoms with Gasteiger partial charge in [0.25, 0.3) is 5.19 Å². The lowest BCUT2D eigenvalue weighted by atomic mass is 10.2. The first-order chi connectivity index (χ1) is 11.5. The Hall–Kier alpha value is -2.38. The minimum atomic E-state index is -0.0820. The summed E-state index contributed by atoms with van der Waals surface area (Å²) >= 11 is 1.43. The second-order valence-corrected chi connectivity index (χ2v) is 6.72. The Morgan fingerprint density at radius 2 is 1.83 bits per heavy atom. The first-order valence-corrected chi connectivity index (χ1v) is 8.54. The Kier molecular flexibility index (Phi) is 4.82. The summed E-state index contributed by atoms with van der Waals surface area (Å²) < 4.78 is 11.4. The molecule has 1 atom stereocenters. The van der Waals surface area contributed by atoms with Gasteiger partial charge < -0.3 is 15.2 Å². The van der Waals surface area contributed by atoms with Crippen LogP contribution < -0.4 is 15.2 Å². The Labute approximate surface area is 144 Å². The number of nitrogens with two attached hydrogens (primary N) is 1. The molecule has 0 bridgehead atoms. The molecule has 0 fully saturated rings. The average Bonchev–Trinajstić information content (AvgIpc) is 3.17. The first-order valence-electron chi connectivity index (χ1n) is 7.73. The van der Waals surface area contributed by atoms with E-state index in [0.717, 1.165) is 22.0 Å². The molecule has 3 N–H and O–H groups in total. The molecular weight excluding hydrogens is 324 g/mol. The number of rotatable bonds is 6. The molecule has 6 nitrogen and oxygen atoms in total. The summed E-state index contributed by atoms with van der Waals surface area (Å²) in [5.74, 6) is 1.53. The average molecular weight is 344 g/mol. The van der Waals surface area contributed by atoms with Crippen LogP contribution in [0, 0.1) is 0 Å². The number of ether oxygens (including phenoxy) is 2. The number of H-pyrrole nitrogens is 1. The number of nitrogens with zero attached hydrogens (tertiary/aromatic N) is 2. The third kappa shape index (κ3) is 3.93. The lowest BCUT2D eigenvalue weighted by molar-refractivity contribution is 0.242. The van der Waals surface area contributed by atoms with Gasteiger partial charge in [-0.1, -0.05) is 11.3 Å². The van der Waals surface area contributed by atoms with Crippen molar-refractivity contribution in [1.29, 1.82) is 0 Å². The number of thiazole rings is 1. The maximum atomic E-state index is 5.84. The van der Waals surface area contributed by atoms with Gasteiger partial charge in [0.2, 0.25) is 0 Å². The maximum absolute atomic E-state index is 5.84. The van der Waals surface area contributed by atoms with Crippen molar-refractivity contribution in [1.82, 2.24) is 15.2 Å². The van der Waals surface area contributed by atoms with Crippen LogP contribution in [0.3, 0.4) is 0 Å². The molecular formula is C17H20N4O2S. The monoisotopic (exact) mass is 344 g/mol. The molecule has 3 aromatic rings. The largest absolute Gasteiger partial charge is 0.491 e. The van der Waals surface area contributed by atoms with Gasteiger partial charge in [-0.05, 0) is 51.1 Å². The van der Waals surface area contributed by atoms with E-state index in [9.17, 15) is 0 Å². The number of hydrogen-bond donors (Lipinski definition) is 2. The fourth-order valence-electron chi connectivity index (χ4n) is 2.08. The van der Waals surface area contributed by atoms with Crippen molar-refractivity contribution in [3.8, 4) is 27.3 Å². The summed E-state index contributed by atoms with van der Waals surface area (Å²) in [6.45, 7) is 5.89. The van der Waals surface area contributed by atoms with Gasteiger partial charge in [-0.25, -0.2) is 4.98 Å². The van der Waals surface area contributed by atoms with Crippen LogP contribution >= 0.6 is 11.3 Å². The summed E-state index contributed by atoms with van der Waals surface area (Å²) in [5, 5.41) is 7.76. The zero-order chi connectivity index (χ0) is 17.1. The molecule has 3 rings (SSSR count). The highest BCUT2D eigenvalue weighted by Gasteiger charge is 2.11. The maximum Gasteiger partial charge on any atom is 0.279 e. The van der Waals surface area contributed by atoms with Gasteiger partial charge in [0.15, 0.2) is 0 Å². The Morgan fingerprint density at radius 1 is 1.12 bits per heavy atom. The van der Waals surface area contributed by atoms with Crippen molar-refractivity contribution in [3.05, 3.63) is 42.2 Å². The van der Waals surface area contributed by atoms with Gasteiger partial charge in [0, 0.05) is 6.04 Å². The van der Waals surface area contributed by atoms with Crippen molar-refractivity contribution in [2.75, 3.05) is 0 Å². The third-order valence-electron chi connectivity index (χ3n) is 3.23. The van der Waals surface area contributed by atoms with E-state index in [1.807, 2.05) is 51.1 Å². The van der Waals surface area contributed by atoms with Gasteiger partial charge in [-0.15, -0.1) is 0 Å². The van der Waals surface area contributed by atoms with Crippen LogP contribution in [0.2, 0.25) is 0 Å². The number of hydrogen-bond acceptors (Lipinski definition) is 6. The summed E-state index contributed by atoms with van der Waals surface area (Å²) in [5.41, 5.74) is 7.54. The van der Waals surface area contributed by atoms with Crippen LogP contribution in [0.1, 0.15) is 32.5 Å². The van der Waals surface area contributed by atoms with E-state index >= 15 is 0 Å². The lowest BCUT2D eigenvalue weighted by Gasteiger charge is -2.09. The molecule has 0 aliphatic heterocycles. The molecule has 0 amide bonds. The SMILES string of the molecule is CC(C)Oc1ccc(Oc2ncc(-c3cc(C(C)N)[nH]n3)s2)cc1. The van der Waals surface area contributed by atoms with Crippen molar-refractivity contribution >= 4 is 11.3 Å². The molecule has 2 heterocycles. The van der Waals surface area contributed by atoms with Crippen LogP contribution in [0.25, 0.3) is 10.6 Å². The highest BCUT2D eigenvalue weighted by atomic mass is 32.1. The van der Waals surface area contributed by atoms with E-state index < -0.39 is 0 Å². The smallest absolute Gasteiger partial charge is 0.279 e. The van der Waals surface area contributed by atoms with Crippen LogP contribution in [0.5, 0.6) is 16.7 Å². The minimum Gasteiger partial charge on any atom is -0.491 e. The van der Waals surface area contributed by atoms with E-state index in [1.165, 1.54) is 11.3 Å². The van der Waals surface area contributed by atoms with Gasteiger partial charge in [-0.3, -0.25) is 5.10 Å². The van der Waals surface area contributed by atoms with Crippen molar-refractivity contribution < 1.29 is 9.47 Å². The molecule has 7 heteroatoms. The molecule has 1 unspecified atom stereocenters. The fourth-order valence-corrected chi connectivity index (χ4v) is 2.83. The highest BCUT2D eigenvalue weighted by Crippen LogP contribution is 2.33. The second kappa shape index (κ2) is 7.02. The van der Waals surface area contributed by atoms with Crippen molar-refractivity contribution in [3.63, 3.8) is 0 Å². The van der Waals surface area contributed by atoms with Crippen LogP contribution in [-0.2, 0) is 0 Å². The standard InChI is InChI=1S/C17H20N4O2S/c1-10(2)22-12-4-6-13(7-5-12)23-17-19-9-16(24-17)15-8-14(11(3)18)20-21-15/h4-11H,18H2,1-3H3,(H,20,21). The van der Waals surface area contributed by atoms with Crippen LogP contribution in [0.15, 0.2) is 36.5 Å². The molecule has 0 aliphatic rings. The predicted octanol–water partition coefficient (Wildman–Crippen LogP) is 4.13. The Balaban J connectivity index is 1.69. The van der Waals surface area contributed by atoms with Gasteiger partial charge in [-0.2, -0.15) is 5.10 Å². The number of aromatic nitrogens is 3. The van der Waals surface area contributed by atoms with Gasteiger partial charge >= 0.3 is 0 Å². The zero-order valence-electron chi connectivity index (χ0n) is 13.8. The first kappa shape index (κ1) is 16.5. The second-order valence-electron chi connectivity index (χ2n) is 5.73. The lowest BCUT2D eigenvalue weighted by Crippen LogP contribution is -2.05. The molecule has 0 saturated carbocycles. The van der Waals surface area contributed by atoms with Gasteiger partial charge in [0.05, 0.1) is 22.9 Å². The molecule has 2 aromatic heterocycles. The Bertz CT molecular complexity index is 793. The van der Waals surface area contributed by atoms with E-state index in [0.29, 0.717) is 10.9 Å². The topological polar surface area (TPSA) is 86.0 Å². The van der Waals surface area contributed by atoms with E-state index in [4.69, 9.17) is 15.2 Å². The van der Waals surface area contributed by atoms with Crippen molar-refractivity contribution in [2.45, 2.75) is 32.9 Å². The molecule has 126 valence electrons. The number of aromatic amines is 1. The predicted molar refractivity (Wildman–Crippen MR) is 94.6 cm³/mol. The molecule has 0 saturated heterocycles. The normalized spacial score (nSPS) is 12.4. The molecule has 24 heavy (non-hydrogen) atoms. The summed E-state index contributed by atoms with van der Waals surface area (Å²) in [7, 11) is 0. The molecule has 1 aromatic carbocycles. The third-order valence-corrected chi connectivity index (χ3v) is 4.12. The van der Waals surface area contributed by atoms with Gasteiger partial charge in [0.1, 0.15) is 17.2 Å². The molecule has 0 radical (unpaired) electrons. The summed E-state index contributed by atoms with van der Waals surface area (Å²) in [6.07, 6.45) is 1.89. The highest BCUT2D eigenvalue weighted by molar-refractivity contribution is 7.16. The van der Waals surface area contributed by atoms with Crippen LogP contribution in [0.4, 0.5) is 0 Å². The number of nitrogens with one attached hydrogen (secondary N) is 1. The zero-order valence-corrected chi connectivity index (χ0v) is 14.6. The van der Waals surface area contributed by atoms with E-state index in [2.05, 4.69) is 15.2 Å². The van der Waals surface area contributed by atoms with E-state index in [1.54, 1.807) is 6.20 Å². The quantitative estimate of drug-likeness (QED) is 0.702. The minimum absolute atomic E-state index is 0.0820. The summed E-state index contributed by atoms with van der Waals surface area (Å²) in [6, 6.07) is 9.34. The summed E-state index contributed by atoms with van der Waals surface area (Å²) in [4.78, 5) is 5.22. The van der Waals surface area contributed by atoms with Crippen LogP contribution in [-0.4, -0.2) is 21.3 Å². The fraction of sp³-hybridized carbons (Fsp3) is 0.294.